The van der Waals surface area contributed by atoms with Gasteiger partial charge in [0, 0.05) is 6.07 Å². The minimum Gasteiger partial charge on any atom is -0.649 e. The van der Waals surface area contributed by atoms with E-state index in [2.05, 4.69) is 3.79 Å². The first kappa shape index (κ1) is 8.05. The molecule has 1 rings (SSSR count). The zero-order chi connectivity index (χ0) is 8.27. The van der Waals surface area contributed by atoms with Crippen molar-refractivity contribution in [3.63, 3.8) is 0 Å². The Balaban J connectivity index is 3.12. The normalized spacial score (nSPS) is 9.09. The van der Waals surface area contributed by atoms with E-state index in [-0.39, 0.29) is 11.4 Å². The van der Waals surface area contributed by atoms with Crippen LogP contribution in [0.3, 0.4) is 0 Å². The molecule has 0 amide bonds. The van der Waals surface area contributed by atoms with Gasteiger partial charge in [0.1, 0.15) is 0 Å². The minimum absolute atomic E-state index is 0.0255. The molecule has 5 heteroatoms. The largest absolute Gasteiger partial charge is 0.649 e. The van der Waals surface area contributed by atoms with Crippen LogP contribution in [0.1, 0.15) is 0 Å². The summed E-state index contributed by atoms with van der Waals surface area (Å²) in [7, 11) is 0. The number of para-hydroxylation sites is 2. The van der Waals surface area contributed by atoms with Gasteiger partial charge in [-0.3, -0.25) is 10.1 Å². The van der Waals surface area contributed by atoms with Crippen molar-refractivity contribution >= 4 is 22.3 Å². The Kier molecular flexibility index (Phi) is 2.47. The van der Waals surface area contributed by atoms with Gasteiger partial charge in [0.15, 0.2) is 5.75 Å². The molecule has 0 aromatic heterocycles. The maximum atomic E-state index is 10.3. The lowest BCUT2D eigenvalue weighted by molar-refractivity contribution is -0.385. The van der Waals surface area contributed by atoms with E-state index in [0.717, 1.165) is 0 Å². The Morgan fingerprint density at radius 1 is 1.45 bits per heavy atom. The second kappa shape index (κ2) is 3.37. The minimum atomic E-state index is -0.487. The summed E-state index contributed by atoms with van der Waals surface area (Å²) in [6.07, 6.45) is 0. The van der Waals surface area contributed by atoms with Crippen LogP contribution in [0, 0.1) is 10.1 Å². The van der Waals surface area contributed by atoms with Crippen LogP contribution in [0.15, 0.2) is 24.3 Å². The van der Waals surface area contributed by atoms with Crippen LogP contribution in [0.25, 0.3) is 0 Å². The molecule has 1 aromatic carbocycles. The fourth-order valence-electron chi connectivity index (χ4n) is 0.708. The van der Waals surface area contributed by atoms with E-state index in [0.29, 0.717) is 0 Å². The molecule has 0 saturated carbocycles. The van der Waals surface area contributed by atoms with Crippen LogP contribution in [0.5, 0.6) is 5.75 Å². The number of rotatable bonds is 2. The second-order valence-corrected chi connectivity index (χ2v) is 2.08. The fraction of sp³-hybridized carbons (Fsp3) is 0. The molecule has 0 spiro atoms. The van der Waals surface area contributed by atoms with E-state index in [1.807, 2.05) is 16.6 Å². The summed E-state index contributed by atoms with van der Waals surface area (Å²) in [6, 6.07) is 6.18. The summed E-state index contributed by atoms with van der Waals surface area (Å²) >= 11 is 1.97. The van der Waals surface area contributed by atoms with Crippen molar-refractivity contribution in [3.05, 3.63) is 34.4 Å². The molecule has 1 aromatic rings. The van der Waals surface area contributed by atoms with Gasteiger partial charge in [-0.1, -0.05) is 12.1 Å². The van der Waals surface area contributed by atoms with E-state index >= 15 is 0 Å². The summed E-state index contributed by atoms with van der Waals surface area (Å²) in [5.41, 5.74) is -0.0255. The average molecular weight is 165 g/mol. The first-order chi connectivity index (χ1) is 5.25. The summed E-state index contributed by atoms with van der Waals surface area (Å²) in [6.45, 7) is 0. The number of nitrogens with zero attached hydrogens (tertiary/aromatic N) is 1. The van der Waals surface area contributed by atoms with Gasteiger partial charge in [-0.25, -0.2) is 0 Å². The lowest BCUT2D eigenvalue weighted by atomic mass is 10.3. The maximum absolute atomic E-state index is 10.3. The highest BCUT2D eigenvalue weighted by Gasteiger charge is 2.10. The lowest BCUT2D eigenvalue weighted by Crippen LogP contribution is -1.93. The Bertz CT molecular complexity index is 276. The van der Waals surface area contributed by atoms with E-state index in [1.54, 1.807) is 12.1 Å². The molecule has 0 unspecified atom stereocenters. The summed E-state index contributed by atoms with van der Waals surface area (Å²) in [5.74, 6) is 0.252. The number of hydrogen-bond acceptors (Lipinski definition) is 3. The first-order valence-corrected chi connectivity index (χ1v) is 3.33. The SMILES string of the molecule is O=[N+]([O-])c1ccccc1[O][Al]. The summed E-state index contributed by atoms with van der Waals surface area (Å²) in [5, 5.41) is 10.3. The topological polar surface area (TPSA) is 52.4 Å². The van der Waals surface area contributed by atoms with Gasteiger partial charge >= 0.3 is 22.3 Å². The van der Waals surface area contributed by atoms with Crippen molar-refractivity contribution in [2.75, 3.05) is 0 Å². The molecule has 0 atom stereocenters. The third-order valence-corrected chi connectivity index (χ3v) is 1.44. The molecule has 2 radical (unpaired) electrons. The molecule has 0 aliphatic rings. The number of hydrogen-bond donors (Lipinski definition) is 0. The van der Waals surface area contributed by atoms with Crippen LogP contribution >= 0.6 is 0 Å². The molecule has 0 N–H and O–H groups in total. The zero-order valence-electron chi connectivity index (χ0n) is 5.56. The highest BCUT2D eigenvalue weighted by molar-refractivity contribution is 6.00. The predicted octanol–water partition coefficient (Wildman–Crippen LogP) is 1.06. The Hall–Kier alpha value is -1.05. The molecular formula is C6H4AlNO3. The zero-order valence-corrected chi connectivity index (χ0v) is 6.71. The van der Waals surface area contributed by atoms with Gasteiger partial charge in [0.2, 0.25) is 0 Å². The van der Waals surface area contributed by atoms with Crippen molar-refractivity contribution in [1.29, 1.82) is 0 Å². The highest BCUT2D eigenvalue weighted by atomic mass is 27.1. The average Bonchev–Trinajstić information content (AvgIpc) is 2.04. The molecule has 4 nitrogen and oxygen atoms in total. The van der Waals surface area contributed by atoms with Crippen molar-refractivity contribution in [2.24, 2.45) is 0 Å². The molecule has 54 valence electrons. The molecule has 0 aliphatic carbocycles. The molecule has 0 fully saturated rings. The van der Waals surface area contributed by atoms with Crippen LogP contribution in [0.2, 0.25) is 0 Å². The van der Waals surface area contributed by atoms with Crippen LogP contribution < -0.4 is 3.79 Å². The quantitative estimate of drug-likeness (QED) is 0.374. The van der Waals surface area contributed by atoms with Crippen LogP contribution in [-0.2, 0) is 0 Å². The summed E-state index contributed by atoms with van der Waals surface area (Å²) in [4.78, 5) is 9.81. The number of nitro benzene ring substituents is 1. The monoisotopic (exact) mass is 165 g/mol. The van der Waals surface area contributed by atoms with Crippen molar-refractivity contribution in [3.8, 4) is 5.75 Å². The molecule has 0 heterocycles. The lowest BCUT2D eigenvalue weighted by Gasteiger charge is -2.01. The first-order valence-electron chi connectivity index (χ1n) is 2.86. The van der Waals surface area contributed by atoms with E-state index in [4.69, 9.17) is 0 Å². The van der Waals surface area contributed by atoms with Gasteiger partial charge in [-0.15, -0.1) is 0 Å². The van der Waals surface area contributed by atoms with E-state index < -0.39 is 4.92 Å². The van der Waals surface area contributed by atoms with Gasteiger partial charge < -0.3 is 3.79 Å². The highest BCUT2D eigenvalue weighted by Crippen LogP contribution is 2.24. The molecule has 0 aliphatic heterocycles. The fourth-order valence-corrected chi connectivity index (χ4v) is 0.907. The van der Waals surface area contributed by atoms with Crippen molar-refractivity contribution < 1.29 is 8.71 Å². The Morgan fingerprint density at radius 3 is 2.55 bits per heavy atom. The maximum Gasteiger partial charge on any atom is 0.482 e. The second-order valence-electron chi connectivity index (χ2n) is 1.84. The smallest absolute Gasteiger partial charge is 0.482 e. The molecular weight excluding hydrogens is 161 g/mol. The number of nitro groups is 1. The predicted molar refractivity (Wildman–Crippen MR) is 39.5 cm³/mol. The van der Waals surface area contributed by atoms with Gasteiger partial charge in [-0.05, 0) is 6.07 Å². The van der Waals surface area contributed by atoms with Gasteiger partial charge in [0.05, 0.1) is 4.92 Å². The molecule has 0 saturated heterocycles. The third kappa shape index (κ3) is 1.70. The third-order valence-electron chi connectivity index (χ3n) is 1.19. The van der Waals surface area contributed by atoms with E-state index in [9.17, 15) is 10.1 Å². The van der Waals surface area contributed by atoms with Crippen LogP contribution in [0.4, 0.5) is 5.69 Å². The van der Waals surface area contributed by atoms with Gasteiger partial charge in [0.25, 0.3) is 0 Å². The van der Waals surface area contributed by atoms with Crippen molar-refractivity contribution in [2.45, 2.75) is 0 Å². The molecule has 0 bridgehead atoms. The summed E-state index contributed by atoms with van der Waals surface area (Å²) < 4.78 is 4.68. The van der Waals surface area contributed by atoms with Crippen LogP contribution in [-0.4, -0.2) is 21.5 Å². The standard InChI is InChI=1S/C6H5NO3.Al/c8-6-4-2-1-3-5(6)7(9)10;/h1-4,8H;/q;+1/p-1. The Morgan fingerprint density at radius 2 is 2.09 bits per heavy atom. The molecule has 11 heavy (non-hydrogen) atoms. The van der Waals surface area contributed by atoms with E-state index in [1.165, 1.54) is 12.1 Å². The Labute approximate surface area is 71.7 Å². The number of benzene rings is 1. The van der Waals surface area contributed by atoms with Crippen molar-refractivity contribution in [1.82, 2.24) is 0 Å². The van der Waals surface area contributed by atoms with Gasteiger partial charge in [-0.2, -0.15) is 0 Å².